The van der Waals surface area contributed by atoms with Gasteiger partial charge in [0, 0.05) is 53.0 Å². The molecule has 1 aromatic carbocycles. The third-order valence-electron chi connectivity index (χ3n) is 5.29. The molecule has 0 radical (unpaired) electrons. The van der Waals surface area contributed by atoms with E-state index in [1.54, 1.807) is 31.6 Å². The molecule has 1 saturated heterocycles. The number of carbonyl (C=O) groups is 2. The number of hydrogen-bond donors (Lipinski definition) is 2. The molecule has 3 rings (SSSR count). The van der Waals surface area contributed by atoms with Gasteiger partial charge in [0.05, 0.1) is 18.0 Å². The number of hydrogen-bond acceptors (Lipinski definition) is 6. The molecule has 2 amide bonds. The van der Waals surface area contributed by atoms with Gasteiger partial charge in [-0.3, -0.25) is 14.5 Å². The second kappa shape index (κ2) is 11.5. The summed E-state index contributed by atoms with van der Waals surface area (Å²) < 4.78 is 24.6. The van der Waals surface area contributed by atoms with Gasteiger partial charge >= 0.3 is 11.8 Å². The van der Waals surface area contributed by atoms with E-state index in [0.717, 1.165) is 0 Å². The van der Waals surface area contributed by atoms with Crippen LogP contribution in [0.2, 0.25) is 0 Å². The molecule has 1 fully saturated rings. The van der Waals surface area contributed by atoms with Gasteiger partial charge in [0.1, 0.15) is 11.6 Å². The predicted molar refractivity (Wildman–Crippen MR) is 114 cm³/mol. The van der Waals surface area contributed by atoms with E-state index in [2.05, 4.69) is 15.5 Å². The summed E-state index contributed by atoms with van der Waals surface area (Å²) in [5.74, 6) is -0.875. The molecule has 0 unspecified atom stereocenters. The molecule has 8 nitrogen and oxygen atoms in total. The van der Waals surface area contributed by atoms with Gasteiger partial charge in [0.2, 0.25) is 0 Å². The minimum atomic E-state index is -0.682. The summed E-state index contributed by atoms with van der Waals surface area (Å²) in [5.41, 5.74) is 0.593. The number of ether oxygens (including phenoxy) is 1. The molecule has 1 atom stereocenters. The number of carbonyl (C=O) groups excluding carboxylic acids is 2. The standard InChI is InChI=1S/C22H29FN4O4/c1-30-14-5-9-24-21(28)22(29)25-16-19(20-8-4-15-31-20)27-12-10-26(11-13-27)18-7-3-2-6-17(18)23/h2-4,6-8,15,19H,5,9-14,16H2,1H3,(H,24,28)(H,25,29)/t19-/m1/s1. The number of furan rings is 1. The molecule has 2 N–H and O–H groups in total. The number of anilines is 1. The second-order valence-electron chi connectivity index (χ2n) is 7.32. The number of halogens is 1. The predicted octanol–water partition coefficient (Wildman–Crippen LogP) is 1.55. The van der Waals surface area contributed by atoms with Crippen LogP contribution in [-0.2, 0) is 14.3 Å². The van der Waals surface area contributed by atoms with Crippen LogP contribution in [0, 0.1) is 5.82 Å². The van der Waals surface area contributed by atoms with Crippen LogP contribution in [0.5, 0.6) is 0 Å². The molecular formula is C22H29FN4O4. The van der Waals surface area contributed by atoms with E-state index >= 15 is 0 Å². The van der Waals surface area contributed by atoms with Crippen LogP contribution in [0.15, 0.2) is 47.1 Å². The van der Waals surface area contributed by atoms with Crippen molar-refractivity contribution >= 4 is 17.5 Å². The highest BCUT2D eigenvalue weighted by Crippen LogP contribution is 2.25. The number of amides is 2. The minimum absolute atomic E-state index is 0.219. The second-order valence-corrected chi connectivity index (χ2v) is 7.32. The Bertz CT molecular complexity index is 838. The van der Waals surface area contributed by atoms with Crippen molar-refractivity contribution in [2.75, 3.05) is 57.9 Å². The number of nitrogens with one attached hydrogen (secondary N) is 2. The molecule has 0 spiro atoms. The first-order valence-electron chi connectivity index (χ1n) is 10.4. The lowest BCUT2D eigenvalue weighted by Gasteiger charge is -2.39. The average Bonchev–Trinajstić information content (AvgIpc) is 3.32. The number of rotatable bonds is 9. The van der Waals surface area contributed by atoms with Crippen LogP contribution in [0.25, 0.3) is 0 Å². The maximum atomic E-state index is 14.1. The van der Waals surface area contributed by atoms with Gasteiger partial charge in [-0.25, -0.2) is 4.39 Å². The Hall–Kier alpha value is -2.91. The topological polar surface area (TPSA) is 87.0 Å². The van der Waals surface area contributed by atoms with Crippen molar-refractivity contribution < 1.29 is 23.1 Å². The molecule has 0 bridgehead atoms. The lowest BCUT2D eigenvalue weighted by molar-refractivity contribution is -0.139. The molecular weight excluding hydrogens is 403 g/mol. The van der Waals surface area contributed by atoms with Crippen LogP contribution in [-0.4, -0.2) is 69.7 Å². The summed E-state index contributed by atoms with van der Waals surface area (Å²) >= 11 is 0. The quantitative estimate of drug-likeness (QED) is 0.462. The fourth-order valence-electron chi connectivity index (χ4n) is 3.64. The molecule has 0 saturated carbocycles. The Morgan fingerprint density at radius 3 is 2.52 bits per heavy atom. The fourth-order valence-corrected chi connectivity index (χ4v) is 3.64. The number of para-hydroxylation sites is 1. The van der Waals surface area contributed by atoms with Gasteiger partial charge in [-0.15, -0.1) is 0 Å². The molecule has 0 aliphatic carbocycles. The Morgan fingerprint density at radius 2 is 1.84 bits per heavy atom. The molecule has 168 valence electrons. The van der Waals surface area contributed by atoms with E-state index in [4.69, 9.17) is 9.15 Å². The first-order chi connectivity index (χ1) is 15.1. The number of methoxy groups -OCH3 is 1. The molecule has 1 aliphatic rings. The molecule has 1 aromatic heterocycles. The number of piperazine rings is 1. The molecule has 2 heterocycles. The van der Waals surface area contributed by atoms with Gasteiger partial charge in [0.15, 0.2) is 0 Å². The summed E-state index contributed by atoms with van der Waals surface area (Å²) in [4.78, 5) is 28.3. The molecule has 31 heavy (non-hydrogen) atoms. The lowest BCUT2D eigenvalue weighted by atomic mass is 10.1. The van der Waals surface area contributed by atoms with Crippen molar-refractivity contribution in [3.63, 3.8) is 0 Å². The van der Waals surface area contributed by atoms with Crippen molar-refractivity contribution in [3.8, 4) is 0 Å². The van der Waals surface area contributed by atoms with Gasteiger partial charge in [-0.05, 0) is 30.7 Å². The summed E-state index contributed by atoms with van der Waals surface area (Å²) in [7, 11) is 1.58. The molecule has 9 heteroatoms. The summed E-state index contributed by atoms with van der Waals surface area (Å²) in [6, 6.07) is 10.2. The zero-order chi connectivity index (χ0) is 22.1. The first kappa shape index (κ1) is 22.8. The normalized spacial score (nSPS) is 15.5. The Labute approximate surface area is 181 Å². The van der Waals surface area contributed by atoms with Crippen LogP contribution < -0.4 is 15.5 Å². The zero-order valence-electron chi connectivity index (χ0n) is 17.7. The van der Waals surface area contributed by atoms with Crippen molar-refractivity contribution in [3.05, 3.63) is 54.2 Å². The number of benzene rings is 1. The SMILES string of the molecule is COCCCNC(=O)C(=O)NC[C@H](c1ccco1)N1CCN(c2ccccc2F)CC1. The van der Waals surface area contributed by atoms with Gasteiger partial charge in [0.25, 0.3) is 0 Å². The van der Waals surface area contributed by atoms with Crippen LogP contribution in [0.1, 0.15) is 18.2 Å². The van der Waals surface area contributed by atoms with E-state index in [-0.39, 0.29) is 18.4 Å². The third-order valence-corrected chi connectivity index (χ3v) is 5.29. The van der Waals surface area contributed by atoms with Gasteiger partial charge < -0.3 is 24.7 Å². The largest absolute Gasteiger partial charge is 0.468 e. The van der Waals surface area contributed by atoms with Crippen molar-refractivity contribution in [1.82, 2.24) is 15.5 Å². The molecule has 2 aromatic rings. The zero-order valence-corrected chi connectivity index (χ0v) is 17.7. The van der Waals surface area contributed by atoms with Gasteiger partial charge in [-0.2, -0.15) is 0 Å². The van der Waals surface area contributed by atoms with E-state index in [1.165, 1.54) is 6.07 Å². The maximum Gasteiger partial charge on any atom is 0.309 e. The van der Waals surface area contributed by atoms with Crippen LogP contribution >= 0.6 is 0 Å². The third kappa shape index (κ3) is 6.28. The summed E-state index contributed by atoms with van der Waals surface area (Å²) in [5, 5.41) is 5.28. The Morgan fingerprint density at radius 1 is 1.10 bits per heavy atom. The van der Waals surface area contributed by atoms with Crippen LogP contribution in [0.3, 0.4) is 0 Å². The summed E-state index contributed by atoms with van der Waals surface area (Å²) in [6.07, 6.45) is 2.22. The van der Waals surface area contributed by atoms with Crippen molar-refractivity contribution in [2.45, 2.75) is 12.5 Å². The number of nitrogens with zero attached hydrogens (tertiary/aromatic N) is 2. The highest BCUT2D eigenvalue weighted by atomic mass is 19.1. The minimum Gasteiger partial charge on any atom is -0.468 e. The summed E-state index contributed by atoms with van der Waals surface area (Å²) in [6.45, 7) is 3.74. The Kier molecular flexibility index (Phi) is 8.43. The van der Waals surface area contributed by atoms with Gasteiger partial charge in [-0.1, -0.05) is 12.1 Å². The smallest absolute Gasteiger partial charge is 0.309 e. The fraction of sp³-hybridized carbons (Fsp3) is 0.455. The van der Waals surface area contributed by atoms with Crippen molar-refractivity contribution in [1.29, 1.82) is 0 Å². The highest BCUT2D eigenvalue weighted by molar-refractivity contribution is 6.35. The van der Waals surface area contributed by atoms with Crippen molar-refractivity contribution in [2.24, 2.45) is 0 Å². The first-order valence-corrected chi connectivity index (χ1v) is 10.4. The Balaban J connectivity index is 1.55. The maximum absolute atomic E-state index is 14.1. The van der Waals surface area contributed by atoms with E-state index in [9.17, 15) is 14.0 Å². The van der Waals surface area contributed by atoms with E-state index in [0.29, 0.717) is 57.2 Å². The average molecular weight is 432 g/mol. The lowest BCUT2D eigenvalue weighted by Crippen LogP contribution is -2.51. The highest BCUT2D eigenvalue weighted by Gasteiger charge is 2.28. The van der Waals surface area contributed by atoms with E-state index in [1.807, 2.05) is 17.0 Å². The monoisotopic (exact) mass is 432 g/mol. The molecule has 1 aliphatic heterocycles. The van der Waals surface area contributed by atoms with E-state index < -0.39 is 11.8 Å². The van der Waals surface area contributed by atoms with Crippen LogP contribution in [0.4, 0.5) is 10.1 Å².